The third kappa shape index (κ3) is 3.37. The highest BCUT2D eigenvalue weighted by molar-refractivity contribution is 5.94. The molecular weight excluding hydrogens is 328 g/mol. The third-order valence-corrected chi connectivity index (χ3v) is 5.34. The standard InChI is InChI=1S/C19H26N6O/c1-14-11-15(2)25(22-14)18-4-3-16(12-21-18)19(26)24-8-5-17(13-24)23-9-6-20-7-10-23/h3-4,11-12,17,20H,5-10,13H2,1-2H3. The molecule has 7 nitrogen and oxygen atoms in total. The topological polar surface area (TPSA) is 66.3 Å². The quantitative estimate of drug-likeness (QED) is 0.891. The van der Waals surface area contributed by atoms with Gasteiger partial charge in [-0.25, -0.2) is 9.67 Å². The Morgan fingerprint density at radius 2 is 2.00 bits per heavy atom. The summed E-state index contributed by atoms with van der Waals surface area (Å²) in [5.74, 6) is 0.822. The smallest absolute Gasteiger partial charge is 0.255 e. The van der Waals surface area contributed by atoms with Crippen molar-refractivity contribution in [3.05, 3.63) is 41.3 Å². The Kier molecular flexibility index (Phi) is 4.74. The molecule has 1 N–H and O–H groups in total. The molecule has 2 aromatic heterocycles. The number of hydrogen-bond acceptors (Lipinski definition) is 5. The number of pyridine rings is 1. The number of aryl methyl sites for hydroxylation is 2. The largest absolute Gasteiger partial charge is 0.337 e. The van der Waals surface area contributed by atoms with Crippen molar-refractivity contribution in [1.82, 2.24) is 29.9 Å². The number of nitrogens with zero attached hydrogens (tertiary/aromatic N) is 5. The van der Waals surface area contributed by atoms with Crippen LogP contribution in [-0.4, -0.2) is 75.8 Å². The van der Waals surface area contributed by atoms with Crippen LogP contribution in [0, 0.1) is 13.8 Å². The predicted molar refractivity (Wildman–Crippen MR) is 99.6 cm³/mol. The molecule has 4 rings (SSSR count). The number of likely N-dealkylation sites (tertiary alicyclic amines) is 1. The summed E-state index contributed by atoms with van der Waals surface area (Å²) >= 11 is 0. The molecule has 2 saturated heterocycles. The van der Waals surface area contributed by atoms with Gasteiger partial charge < -0.3 is 10.2 Å². The Bertz CT molecular complexity index is 778. The van der Waals surface area contributed by atoms with Gasteiger partial charge in [-0.1, -0.05) is 0 Å². The van der Waals surface area contributed by atoms with Gasteiger partial charge in [0.2, 0.25) is 0 Å². The molecule has 0 saturated carbocycles. The molecule has 0 bridgehead atoms. The molecule has 1 amide bonds. The zero-order chi connectivity index (χ0) is 18.1. The molecule has 1 unspecified atom stereocenters. The van der Waals surface area contributed by atoms with Gasteiger partial charge in [0.15, 0.2) is 5.82 Å². The average Bonchev–Trinajstić information content (AvgIpc) is 3.29. The first-order chi connectivity index (χ1) is 12.6. The first kappa shape index (κ1) is 17.2. The molecular formula is C19H26N6O. The number of carbonyl (C=O) groups excluding carboxylic acids is 1. The molecule has 138 valence electrons. The van der Waals surface area contributed by atoms with Crippen LogP contribution in [0.1, 0.15) is 28.2 Å². The lowest BCUT2D eigenvalue weighted by atomic mass is 10.2. The van der Waals surface area contributed by atoms with Crippen LogP contribution < -0.4 is 5.32 Å². The highest BCUT2D eigenvalue weighted by Crippen LogP contribution is 2.19. The van der Waals surface area contributed by atoms with Gasteiger partial charge in [0.1, 0.15) is 0 Å². The molecule has 0 spiro atoms. The number of amides is 1. The molecule has 0 radical (unpaired) electrons. The zero-order valence-electron chi connectivity index (χ0n) is 15.5. The second kappa shape index (κ2) is 7.17. The van der Waals surface area contributed by atoms with E-state index in [4.69, 9.17) is 0 Å². The summed E-state index contributed by atoms with van der Waals surface area (Å²) in [7, 11) is 0. The minimum atomic E-state index is 0.0788. The summed E-state index contributed by atoms with van der Waals surface area (Å²) in [4.78, 5) is 21.8. The van der Waals surface area contributed by atoms with E-state index in [-0.39, 0.29) is 5.91 Å². The number of nitrogens with one attached hydrogen (secondary N) is 1. The zero-order valence-corrected chi connectivity index (χ0v) is 15.5. The van der Waals surface area contributed by atoms with Crippen molar-refractivity contribution in [3.63, 3.8) is 0 Å². The van der Waals surface area contributed by atoms with Crippen molar-refractivity contribution >= 4 is 5.91 Å². The van der Waals surface area contributed by atoms with Crippen LogP contribution in [0.5, 0.6) is 0 Å². The fraction of sp³-hybridized carbons (Fsp3) is 0.526. The molecule has 1 atom stereocenters. The Morgan fingerprint density at radius 3 is 2.65 bits per heavy atom. The van der Waals surface area contributed by atoms with E-state index in [1.807, 2.05) is 36.9 Å². The van der Waals surface area contributed by atoms with Crippen LogP contribution in [0.25, 0.3) is 5.82 Å². The van der Waals surface area contributed by atoms with Crippen LogP contribution in [0.2, 0.25) is 0 Å². The SMILES string of the molecule is Cc1cc(C)n(-c2ccc(C(=O)N3CCC(N4CCNCC4)C3)cn2)n1. The van der Waals surface area contributed by atoms with Crippen LogP contribution in [-0.2, 0) is 0 Å². The van der Waals surface area contributed by atoms with Gasteiger partial charge in [0, 0.05) is 57.2 Å². The molecule has 2 aromatic rings. The second-order valence-corrected chi connectivity index (χ2v) is 7.22. The van der Waals surface area contributed by atoms with E-state index in [2.05, 4.69) is 20.3 Å². The van der Waals surface area contributed by atoms with Crippen molar-refractivity contribution in [2.45, 2.75) is 26.3 Å². The molecule has 0 aromatic carbocycles. The van der Waals surface area contributed by atoms with Crippen LogP contribution in [0.3, 0.4) is 0 Å². The van der Waals surface area contributed by atoms with E-state index in [0.717, 1.165) is 62.9 Å². The van der Waals surface area contributed by atoms with Gasteiger partial charge >= 0.3 is 0 Å². The molecule has 2 fully saturated rings. The summed E-state index contributed by atoms with van der Waals surface area (Å²) in [6.45, 7) is 9.84. The van der Waals surface area contributed by atoms with Crippen LogP contribution in [0.15, 0.2) is 24.4 Å². The molecule has 2 aliphatic heterocycles. The lowest BCUT2D eigenvalue weighted by Crippen LogP contribution is -2.49. The van der Waals surface area contributed by atoms with E-state index in [1.54, 1.807) is 10.9 Å². The molecule has 7 heteroatoms. The normalized spacial score (nSPS) is 21.3. The monoisotopic (exact) mass is 354 g/mol. The average molecular weight is 354 g/mol. The number of rotatable bonds is 3. The third-order valence-electron chi connectivity index (χ3n) is 5.34. The predicted octanol–water partition coefficient (Wildman–Crippen LogP) is 1.00. The number of carbonyl (C=O) groups is 1. The number of hydrogen-bond donors (Lipinski definition) is 1. The molecule has 26 heavy (non-hydrogen) atoms. The van der Waals surface area contributed by atoms with Gasteiger partial charge in [-0.15, -0.1) is 0 Å². The van der Waals surface area contributed by atoms with E-state index in [1.165, 1.54) is 0 Å². The first-order valence-electron chi connectivity index (χ1n) is 9.35. The highest BCUT2D eigenvalue weighted by Gasteiger charge is 2.31. The minimum absolute atomic E-state index is 0.0788. The van der Waals surface area contributed by atoms with Crippen molar-refractivity contribution < 1.29 is 4.79 Å². The number of aromatic nitrogens is 3. The first-order valence-corrected chi connectivity index (χ1v) is 9.35. The summed E-state index contributed by atoms with van der Waals surface area (Å²) in [5, 5.41) is 7.83. The molecule has 0 aliphatic carbocycles. The fourth-order valence-corrected chi connectivity index (χ4v) is 3.95. The van der Waals surface area contributed by atoms with Gasteiger partial charge in [0.05, 0.1) is 11.3 Å². The van der Waals surface area contributed by atoms with Gasteiger partial charge in [0.25, 0.3) is 5.91 Å². The van der Waals surface area contributed by atoms with Crippen LogP contribution >= 0.6 is 0 Å². The summed E-state index contributed by atoms with van der Waals surface area (Å²) in [6, 6.07) is 6.24. The van der Waals surface area contributed by atoms with Gasteiger partial charge in [-0.05, 0) is 38.5 Å². The Balaban J connectivity index is 1.43. The second-order valence-electron chi connectivity index (χ2n) is 7.22. The summed E-state index contributed by atoms with van der Waals surface area (Å²) in [6.07, 6.45) is 2.73. The Hall–Kier alpha value is -2.25. The Labute approximate surface area is 154 Å². The van der Waals surface area contributed by atoms with E-state index in [9.17, 15) is 4.79 Å². The van der Waals surface area contributed by atoms with E-state index in [0.29, 0.717) is 11.6 Å². The van der Waals surface area contributed by atoms with Crippen molar-refractivity contribution in [2.75, 3.05) is 39.3 Å². The maximum Gasteiger partial charge on any atom is 0.255 e. The highest BCUT2D eigenvalue weighted by atomic mass is 16.2. The Morgan fingerprint density at radius 1 is 1.19 bits per heavy atom. The lowest BCUT2D eigenvalue weighted by molar-refractivity contribution is 0.0773. The lowest BCUT2D eigenvalue weighted by Gasteiger charge is -2.32. The maximum absolute atomic E-state index is 12.8. The van der Waals surface area contributed by atoms with Crippen molar-refractivity contribution in [1.29, 1.82) is 0 Å². The fourth-order valence-electron chi connectivity index (χ4n) is 3.95. The summed E-state index contributed by atoms with van der Waals surface area (Å²) < 4.78 is 1.81. The van der Waals surface area contributed by atoms with Gasteiger partial charge in [-0.3, -0.25) is 9.69 Å². The van der Waals surface area contributed by atoms with E-state index < -0.39 is 0 Å². The molecule has 2 aliphatic rings. The molecule has 4 heterocycles. The van der Waals surface area contributed by atoms with Crippen molar-refractivity contribution in [3.8, 4) is 5.82 Å². The van der Waals surface area contributed by atoms with E-state index >= 15 is 0 Å². The van der Waals surface area contributed by atoms with Crippen molar-refractivity contribution in [2.24, 2.45) is 0 Å². The maximum atomic E-state index is 12.8. The number of piperazine rings is 1. The minimum Gasteiger partial charge on any atom is -0.337 e. The van der Waals surface area contributed by atoms with Crippen LogP contribution in [0.4, 0.5) is 0 Å². The van der Waals surface area contributed by atoms with Gasteiger partial charge in [-0.2, -0.15) is 5.10 Å². The summed E-state index contributed by atoms with van der Waals surface area (Å²) in [5.41, 5.74) is 2.64.